The number of anilines is 1. The van der Waals surface area contributed by atoms with Gasteiger partial charge in [-0.15, -0.1) is 0 Å². The van der Waals surface area contributed by atoms with E-state index in [2.05, 4.69) is 5.32 Å². The second-order valence-corrected chi connectivity index (χ2v) is 5.98. The summed E-state index contributed by atoms with van der Waals surface area (Å²) in [7, 11) is 4.19. The fraction of sp³-hybridized carbons (Fsp3) is 0.250. The van der Waals surface area contributed by atoms with Crippen LogP contribution < -0.4 is 19.5 Å². The van der Waals surface area contributed by atoms with Gasteiger partial charge in [-0.1, -0.05) is 6.07 Å². The number of hydrogen-bond acceptors (Lipinski definition) is 7. The summed E-state index contributed by atoms with van der Waals surface area (Å²) in [6.07, 6.45) is 0.600. The molecule has 0 radical (unpaired) electrons. The van der Waals surface area contributed by atoms with E-state index in [9.17, 15) is 9.90 Å². The third-order valence-corrected chi connectivity index (χ3v) is 4.25. The highest BCUT2D eigenvalue weighted by Gasteiger charge is 2.31. The van der Waals surface area contributed by atoms with Crippen LogP contribution in [0, 0.1) is 6.92 Å². The molecule has 0 amide bonds. The van der Waals surface area contributed by atoms with E-state index in [1.807, 2.05) is 25.1 Å². The standard InChI is InChI=1S/C20H21NO6/c1-11-5-7-15-13(9-11)21-14(10-17(22)25-3)19(27-15)12-6-8-16(24-2)18(23)20(12)26-4/h5-10,19,21,23H,1-4H3/b14-10-. The molecule has 2 aromatic carbocycles. The quantitative estimate of drug-likeness (QED) is 0.630. The van der Waals surface area contributed by atoms with E-state index >= 15 is 0 Å². The molecule has 0 bridgehead atoms. The normalized spacial score (nSPS) is 16.7. The molecule has 1 atom stereocenters. The zero-order chi connectivity index (χ0) is 19.6. The first-order valence-electron chi connectivity index (χ1n) is 8.26. The Labute approximate surface area is 157 Å². The van der Waals surface area contributed by atoms with Gasteiger partial charge in [0.2, 0.25) is 5.75 Å². The van der Waals surface area contributed by atoms with E-state index < -0.39 is 12.1 Å². The van der Waals surface area contributed by atoms with Gasteiger partial charge in [-0.3, -0.25) is 0 Å². The average Bonchev–Trinajstić information content (AvgIpc) is 2.67. The minimum absolute atomic E-state index is 0.145. The highest BCUT2D eigenvalue weighted by molar-refractivity contribution is 5.84. The molecule has 27 heavy (non-hydrogen) atoms. The highest BCUT2D eigenvalue weighted by Crippen LogP contribution is 2.47. The van der Waals surface area contributed by atoms with Crippen LogP contribution in [-0.4, -0.2) is 32.4 Å². The lowest BCUT2D eigenvalue weighted by molar-refractivity contribution is -0.134. The van der Waals surface area contributed by atoms with Crippen LogP contribution in [-0.2, 0) is 9.53 Å². The minimum atomic E-state index is -0.717. The lowest BCUT2D eigenvalue weighted by Gasteiger charge is -2.31. The van der Waals surface area contributed by atoms with Gasteiger partial charge in [-0.05, 0) is 36.8 Å². The van der Waals surface area contributed by atoms with Crippen LogP contribution in [0.15, 0.2) is 42.1 Å². The first-order valence-corrected chi connectivity index (χ1v) is 8.26. The van der Waals surface area contributed by atoms with Gasteiger partial charge in [0, 0.05) is 11.6 Å². The van der Waals surface area contributed by atoms with Crippen LogP contribution >= 0.6 is 0 Å². The predicted octanol–water partition coefficient (Wildman–Crippen LogP) is 3.32. The van der Waals surface area contributed by atoms with Crippen molar-refractivity contribution < 1.29 is 28.8 Å². The smallest absolute Gasteiger partial charge is 0.332 e. The van der Waals surface area contributed by atoms with E-state index in [-0.39, 0.29) is 17.2 Å². The van der Waals surface area contributed by atoms with Crippen molar-refractivity contribution in [3.05, 3.63) is 53.2 Å². The molecule has 0 saturated heterocycles. The van der Waals surface area contributed by atoms with Gasteiger partial charge >= 0.3 is 5.97 Å². The maximum absolute atomic E-state index is 11.9. The SMILES string of the molecule is COC(=O)/C=C1\Nc2cc(C)ccc2OC1c1ccc(OC)c(O)c1OC. The van der Waals surface area contributed by atoms with Crippen molar-refractivity contribution in [2.45, 2.75) is 13.0 Å². The van der Waals surface area contributed by atoms with Crippen LogP contribution in [0.4, 0.5) is 5.69 Å². The molecule has 0 aliphatic carbocycles. The molecule has 1 heterocycles. The molecule has 0 spiro atoms. The minimum Gasteiger partial charge on any atom is -0.502 e. The number of hydrogen-bond donors (Lipinski definition) is 2. The van der Waals surface area contributed by atoms with Crippen LogP contribution in [0.3, 0.4) is 0 Å². The van der Waals surface area contributed by atoms with E-state index in [1.54, 1.807) is 12.1 Å². The van der Waals surface area contributed by atoms with E-state index in [4.69, 9.17) is 18.9 Å². The van der Waals surface area contributed by atoms with Gasteiger partial charge in [0.15, 0.2) is 17.6 Å². The second kappa shape index (κ2) is 7.49. The first kappa shape index (κ1) is 18.4. The van der Waals surface area contributed by atoms with Gasteiger partial charge in [-0.25, -0.2) is 4.79 Å². The lowest BCUT2D eigenvalue weighted by Crippen LogP contribution is -2.23. The first-order chi connectivity index (χ1) is 13.0. The largest absolute Gasteiger partial charge is 0.502 e. The summed E-state index contributed by atoms with van der Waals surface area (Å²) in [5.74, 6) is 0.415. The molecular weight excluding hydrogens is 350 g/mol. The number of fused-ring (bicyclic) bond motifs is 1. The Balaban J connectivity index is 2.14. The van der Waals surface area contributed by atoms with Crippen molar-refractivity contribution in [2.75, 3.05) is 26.6 Å². The van der Waals surface area contributed by atoms with Crippen molar-refractivity contribution in [1.29, 1.82) is 0 Å². The molecule has 2 N–H and O–H groups in total. The predicted molar refractivity (Wildman–Crippen MR) is 99.5 cm³/mol. The molecule has 1 aliphatic rings. The number of carbonyl (C=O) groups excluding carboxylic acids is 1. The molecular formula is C20H21NO6. The Morgan fingerprint density at radius 2 is 1.96 bits per heavy atom. The zero-order valence-corrected chi connectivity index (χ0v) is 15.5. The average molecular weight is 371 g/mol. The number of rotatable bonds is 4. The summed E-state index contributed by atoms with van der Waals surface area (Å²) in [5, 5.41) is 13.6. The third-order valence-electron chi connectivity index (χ3n) is 4.25. The molecule has 1 aliphatic heterocycles. The lowest BCUT2D eigenvalue weighted by atomic mass is 10.0. The topological polar surface area (TPSA) is 86.3 Å². The fourth-order valence-electron chi connectivity index (χ4n) is 2.94. The molecule has 0 aromatic heterocycles. The Kier molecular flexibility index (Phi) is 5.12. The molecule has 3 rings (SSSR count). The van der Waals surface area contributed by atoms with Crippen molar-refractivity contribution in [3.8, 4) is 23.0 Å². The van der Waals surface area contributed by atoms with Crippen molar-refractivity contribution >= 4 is 11.7 Å². The summed E-state index contributed by atoms with van der Waals surface area (Å²) in [6, 6.07) is 9.01. The number of phenols is 1. The van der Waals surface area contributed by atoms with E-state index in [1.165, 1.54) is 27.4 Å². The van der Waals surface area contributed by atoms with Crippen LogP contribution in [0.25, 0.3) is 0 Å². The summed E-state index contributed by atoms with van der Waals surface area (Å²) >= 11 is 0. The highest BCUT2D eigenvalue weighted by atomic mass is 16.5. The molecule has 142 valence electrons. The molecule has 2 aromatic rings. The Hall–Kier alpha value is -3.35. The van der Waals surface area contributed by atoms with Crippen LogP contribution in [0.1, 0.15) is 17.2 Å². The van der Waals surface area contributed by atoms with Crippen molar-refractivity contribution in [1.82, 2.24) is 0 Å². The fourth-order valence-corrected chi connectivity index (χ4v) is 2.94. The number of aromatic hydroxyl groups is 1. The van der Waals surface area contributed by atoms with Gasteiger partial charge in [-0.2, -0.15) is 0 Å². The Bertz CT molecular complexity index is 906. The zero-order valence-electron chi connectivity index (χ0n) is 15.5. The number of ether oxygens (including phenoxy) is 4. The third kappa shape index (κ3) is 3.48. The summed E-state index contributed by atoms with van der Waals surface area (Å²) < 4.78 is 21.4. The van der Waals surface area contributed by atoms with Gasteiger partial charge in [0.25, 0.3) is 0 Å². The van der Waals surface area contributed by atoms with E-state index in [0.717, 1.165) is 11.3 Å². The van der Waals surface area contributed by atoms with Gasteiger partial charge < -0.3 is 29.4 Å². The van der Waals surface area contributed by atoms with E-state index in [0.29, 0.717) is 17.0 Å². The summed E-state index contributed by atoms with van der Waals surface area (Å²) in [6.45, 7) is 1.96. The van der Waals surface area contributed by atoms with Crippen LogP contribution in [0.5, 0.6) is 23.0 Å². The van der Waals surface area contributed by atoms with Gasteiger partial charge in [0.1, 0.15) is 5.75 Å². The molecule has 0 saturated carbocycles. The maximum Gasteiger partial charge on any atom is 0.332 e. The van der Waals surface area contributed by atoms with Crippen LogP contribution in [0.2, 0.25) is 0 Å². The Morgan fingerprint density at radius 1 is 1.19 bits per heavy atom. The number of methoxy groups -OCH3 is 3. The molecule has 0 fully saturated rings. The summed E-state index contributed by atoms with van der Waals surface area (Å²) in [5.41, 5.74) is 2.77. The number of aryl methyl sites for hydroxylation is 1. The van der Waals surface area contributed by atoms with Crippen molar-refractivity contribution in [3.63, 3.8) is 0 Å². The maximum atomic E-state index is 11.9. The number of benzene rings is 2. The summed E-state index contributed by atoms with van der Waals surface area (Å²) in [4.78, 5) is 11.9. The molecule has 7 nitrogen and oxygen atoms in total. The Morgan fingerprint density at radius 3 is 2.63 bits per heavy atom. The monoisotopic (exact) mass is 371 g/mol. The van der Waals surface area contributed by atoms with Crippen molar-refractivity contribution in [2.24, 2.45) is 0 Å². The second-order valence-electron chi connectivity index (χ2n) is 5.98. The number of esters is 1. The molecule has 1 unspecified atom stereocenters. The number of nitrogens with one attached hydrogen (secondary N) is 1. The molecule has 7 heteroatoms. The van der Waals surface area contributed by atoms with Gasteiger partial charge in [0.05, 0.1) is 32.7 Å². The number of carbonyl (C=O) groups is 1. The number of phenolic OH excluding ortho intramolecular Hbond substituents is 1.